The summed E-state index contributed by atoms with van der Waals surface area (Å²) in [5, 5.41) is 8.78. The molecule has 0 aliphatic heterocycles. The zero-order valence-electron chi connectivity index (χ0n) is 5.46. The molecular formula is C6H11O3. The van der Waals surface area contributed by atoms with Crippen LogP contribution >= 0.6 is 0 Å². The Kier molecular flexibility index (Phi) is 5.46. The summed E-state index contributed by atoms with van der Waals surface area (Å²) >= 11 is 0. The Labute approximate surface area is 54.6 Å². The first kappa shape index (κ1) is 8.59. The summed E-state index contributed by atoms with van der Waals surface area (Å²) in [4.78, 5) is 9.62. The third kappa shape index (κ3) is 5.46. The van der Waals surface area contributed by atoms with Gasteiger partial charge in [-0.3, -0.25) is 4.79 Å². The standard InChI is InChI=1S/C6H11O3/c1-2-9-6(8)4-3-5-7/h6,8H,2-4H2,1H3. The molecule has 0 aliphatic carbocycles. The predicted molar refractivity (Wildman–Crippen MR) is 32.6 cm³/mol. The van der Waals surface area contributed by atoms with Crippen LogP contribution in [0.1, 0.15) is 19.8 Å². The summed E-state index contributed by atoms with van der Waals surface area (Å²) in [5.41, 5.74) is 0. The molecule has 0 aromatic carbocycles. The van der Waals surface area contributed by atoms with Gasteiger partial charge in [-0.15, -0.1) is 0 Å². The molecule has 0 amide bonds. The molecule has 3 nitrogen and oxygen atoms in total. The minimum absolute atomic E-state index is 0.237. The highest BCUT2D eigenvalue weighted by atomic mass is 16.6. The zero-order chi connectivity index (χ0) is 7.11. The van der Waals surface area contributed by atoms with Gasteiger partial charge >= 0.3 is 0 Å². The van der Waals surface area contributed by atoms with Gasteiger partial charge in [0.2, 0.25) is 0 Å². The van der Waals surface area contributed by atoms with Crippen LogP contribution in [-0.4, -0.2) is 24.3 Å². The Hall–Kier alpha value is -0.410. The van der Waals surface area contributed by atoms with Crippen molar-refractivity contribution in [3.8, 4) is 0 Å². The van der Waals surface area contributed by atoms with Gasteiger partial charge in [0, 0.05) is 19.4 Å². The van der Waals surface area contributed by atoms with Gasteiger partial charge in [-0.25, -0.2) is 0 Å². The van der Waals surface area contributed by atoms with E-state index in [-0.39, 0.29) is 6.42 Å². The predicted octanol–water partition coefficient (Wildman–Crippen LogP) is 0.231. The molecule has 0 rings (SSSR count). The smallest absolute Gasteiger partial charge is 0.198 e. The molecule has 53 valence electrons. The summed E-state index contributed by atoms with van der Waals surface area (Å²) in [7, 11) is 0. The highest BCUT2D eigenvalue weighted by Gasteiger charge is 1.99. The molecule has 0 saturated carbocycles. The molecule has 9 heavy (non-hydrogen) atoms. The van der Waals surface area contributed by atoms with Gasteiger partial charge in [0.1, 0.15) is 0 Å². The third-order valence-electron chi connectivity index (χ3n) is 0.852. The number of hydrogen-bond acceptors (Lipinski definition) is 3. The quantitative estimate of drug-likeness (QED) is 0.543. The average molecular weight is 131 g/mol. The Morgan fingerprint density at radius 2 is 2.44 bits per heavy atom. The van der Waals surface area contributed by atoms with Crippen molar-refractivity contribution < 1.29 is 14.6 Å². The Morgan fingerprint density at radius 1 is 1.78 bits per heavy atom. The molecule has 0 aliphatic rings. The Bertz CT molecular complexity index is 72.7. The lowest BCUT2D eigenvalue weighted by Gasteiger charge is -2.06. The van der Waals surface area contributed by atoms with Crippen molar-refractivity contribution in [1.82, 2.24) is 0 Å². The summed E-state index contributed by atoms with van der Waals surface area (Å²) in [5.74, 6) is 0. The molecule has 0 saturated heterocycles. The molecule has 1 radical (unpaired) electrons. The van der Waals surface area contributed by atoms with Crippen LogP contribution in [-0.2, 0) is 9.53 Å². The van der Waals surface area contributed by atoms with Gasteiger partial charge < -0.3 is 9.84 Å². The highest BCUT2D eigenvalue weighted by molar-refractivity contribution is 5.50. The van der Waals surface area contributed by atoms with Crippen LogP contribution in [0.4, 0.5) is 0 Å². The maximum Gasteiger partial charge on any atom is 0.198 e. The molecule has 0 aromatic rings. The minimum Gasteiger partial charge on any atom is -0.368 e. The van der Waals surface area contributed by atoms with Gasteiger partial charge in [-0.1, -0.05) is 0 Å². The van der Waals surface area contributed by atoms with E-state index < -0.39 is 6.29 Å². The van der Waals surface area contributed by atoms with Crippen LogP contribution < -0.4 is 0 Å². The number of carbonyl (C=O) groups excluding carboxylic acids is 1. The number of ether oxygens (including phenoxy) is 1. The van der Waals surface area contributed by atoms with Crippen molar-refractivity contribution in [2.75, 3.05) is 6.61 Å². The number of rotatable bonds is 5. The molecule has 1 unspecified atom stereocenters. The number of hydrogen-bond donors (Lipinski definition) is 1. The molecule has 0 fully saturated rings. The Morgan fingerprint density at radius 3 is 2.89 bits per heavy atom. The fourth-order valence-electron chi connectivity index (χ4n) is 0.458. The lowest BCUT2D eigenvalue weighted by atomic mass is 10.3. The molecule has 0 bridgehead atoms. The van der Waals surface area contributed by atoms with Crippen LogP contribution in [0.15, 0.2) is 0 Å². The van der Waals surface area contributed by atoms with E-state index in [1.54, 1.807) is 13.2 Å². The highest BCUT2D eigenvalue weighted by Crippen LogP contribution is 1.95. The fraction of sp³-hybridized carbons (Fsp3) is 0.833. The van der Waals surface area contributed by atoms with Crippen LogP contribution in [0.3, 0.4) is 0 Å². The SMILES string of the molecule is CCOC(O)CC[C]=O. The van der Waals surface area contributed by atoms with E-state index in [2.05, 4.69) is 0 Å². The van der Waals surface area contributed by atoms with E-state index in [1.807, 2.05) is 0 Å². The topological polar surface area (TPSA) is 46.5 Å². The second-order valence-corrected chi connectivity index (χ2v) is 1.59. The maximum atomic E-state index is 9.62. The number of aliphatic hydroxyl groups is 1. The van der Waals surface area contributed by atoms with E-state index in [0.717, 1.165) is 0 Å². The van der Waals surface area contributed by atoms with E-state index in [4.69, 9.17) is 9.84 Å². The summed E-state index contributed by atoms with van der Waals surface area (Å²) in [6.07, 6.45) is 1.45. The lowest BCUT2D eigenvalue weighted by Crippen LogP contribution is -2.11. The van der Waals surface area contributed by atoms with Gasteiger partial charge in [-0.2, -0.15) is 0 Å². The zero-order valence-corrected chi connectivity index (χ0v) is 5.46. The van der Waals surface area contributed by atoms with Crippen molar-refractivity contribution in [1.29, 1.82) is 0 Å². The molecule has 1 N–H and O–H groups in total. The molecule has 1 atom stereocenters. The second kappa shape index (κ2) is 5.72. The molecule has 0 heterocycles. The van der Waals surface area contributed by atoms with E-state index in [0.29, 0.717) is 13.0 Å². The molecule has 3 heteroatoms. The van der Waals surface area contributed by atoms with Gasteiger partial charge in [-0.05, 0) is 6.92 Å². The minimum atomic E-state index is -0.795. The monoisotopic (exact) mass is 131 g/mol. The fourth-order valence-corrected chi connectivity index (χ4v) is 0.458. The van der Waals surface area contributed by atoms with Crippen molar-refractivity contribution >= 4 is 6.29 Å². The van der Waals surface area contributed by atoms with Crippen molar-refractivity contribution in [2.45, 2.75) is 26.1 Å². The summed E-state index contributed by atoms with van der Waals surface area (Å²) in [6.45, 7) is 2.26. The van der Waals surface area contributed by atoms with E-state index in [1.165, 1.54) is 0 Å². The Balaban J connectivity index is 3.04. The van der Waals surface area contributed by atoms with Crippen LogP contribution in [0.5, 0.6) is 0 Å². The normalized spacial score (nSPS) is 13.1. The second-order valence-electron chi connectivity index (χ2n) is 1.59. The maximum absolute atomic E-state index is 9.62. The first-order valence-electron chi connectivity index (χ1n) is 2.96. The van der Waals surface area contributed by atoms with Gasteiger partial charge in [0.05, 0.1) is 0 Å². The van der Waals surface area contributed by atoms with Crippen LogP contribution in [0.2, 0.25) is 0 Å². The van der Waals surface area contributed by atoms with Gasteiger partial charge in [0.25, 0.3) is 0 Å². The lowest BCUT2D eigenvalue weighted by molar-refractivity contribution is -0.0970. The van der Waals surface area contributed by atoms with Crippen molar-refractivity contribution in [3.05, 3.63) is 0 Å². The van der Waals surface area contributed by atoms with Crippen LogP contribution in [0, 0.1) is 0 Å². The largest absolute Gasteiger partial charge is 0.368 e. The third-order valence-corrected chi connectivity index (χ3v) is 0.852. The average Bonchev–Trinajstić information content (AvgIpc) is 1.85. The van der Waals surface area contributed by atoms with Crippen molar-refractivity contribution in [3.63, 3.8) is 0 Å². The molecule has 0 spiro atoms. The van der Waals surface area contributed by atoms with Crippen LogP contribution in [0.25, 0.3) is 0 Å². The first-order valence-corrected chi connectivity index (χ1v) is 2.96. The van der Waals surface area contributed by atoms with E-state index in [9.17, 15) is 4.79 Å². The van der Waals surface area contributed by atoms with Crippen molar-refractivity contribution in [2.24, 2.45) is 0 Å². The summed E-state index contributed by atoms with van der Waals surface area (Å²) in [6, 6.07) is 0. The van der Waals surface area contributed by atoms with E-state index >= 15 is 0 Å². The number of aliphatic hydroxyl groups excluding tert-OH is 1. The first-order chi connectivity index (χ1) is 4.31. The summed E-state index contributed by atoms with van der Waals surface area (Å²) < 4.78 is 4.72. The molecular weight excluding hydrogens is 120 g/mol. The molecule has 0 aromatic heterocycles. The van der Waals surface area contributed by atoms with Gasteiger partial charge in [0.15, 0.2) is 12.6 Å².